The second-order valence-corrected chi connectivity index (χ2v) is 3.83. The molecular weight excluding hydrogens is 223 g/mol. The normalized spacial score (nSPS) is 12.2. The van der Waals surface area contributed by atoms with Crippen LogP contribution in [0.5, 0.6) is 0 Å². The minimum absolute atomic E-state index is 0.0182. The highest BCUT2D eigenvalue weighted by molar-refractivity contribution is 5.95. The van der Waals surface area contributed by atoms with Crippen LogP contribution < -0.4 is 11.1 Å². The molecule has 0 radical (unpaired) electrons. The summed E-state index contributed by atoms with van der Waals surface area (Å²) in [5, 5.41) is 11.6. The zero-order valence-electron chi connectivity index (χ0n) is 9.74. The first kappa shape index (κ1) is 13.4. The third-order valence-electron chi connectivity index (χ3n) is 2.56. The molecule has 0 aliphatic carbocycles. The first-order valence-electron chi connectivity index (χ1n) is 5.55. The van der Waals surface area contributed by atoms with Crippen LogP contribution in [-0.2, 0) is 0 Å². The van der Waals surface area contributed by atoms with Gasteiger partial charge in [0.25, 0.3) is 5.91 Å². The molecule has 1 aromatic rings. The van der Waals surface area contributed by atoms with E-state index in [1.54, 1.807) is 0 Å². The summed E-state index contributed by atoms with van der Waals surface area (Å²) >= 11 is 0. The number of aliphatic hydroxyl groups excluding tert-OH is 1. The van der Waals surface area contributed by atoms with E-state index in [9.17, 15) is 9.18 Å². The lowest BCUT2D eigenvalue weighted by atomic mass is 10.1. The lowest BCUT2D eigenvalue weighted by Crippen LogP contribution is -2.35. The lowest BCUT2D eigenvalue weighted by molar-refractivity contribution is 0.0929. The van der Waals surface area contributed by atoms with Gasteiger partial charge in [0.1, 0.15) is 5.82 Å². The van der Waals surface area contributed by atoms with Crippen LogP contribution in [0.4, 0.5) is 10.1 Å². The molecule has 0 heterocycles. The Balaban J connectivity index is 2.72. The van der Waals surface area contributed by atoms with Gasteiger partial charge in [-0.1, -0.05) is 6.92 Å². The highest BCUT2D eigenvalue weighted by Gasteiger charge is 2.12. The molecule has 4 nitrogen and oxygen atoms in total. The number of nitrogens with one attached hydrogen (secondary N) is 1. The molecule has 0 spiro atoms. The van der Waals surface area contributed by atoms with Gasteiger partial charge < -0.3 is 16.2 Å². The van der Waals surface area contributed by atoms with Gasteiger partial charge in [0.15, 0.2) is 0 Å². The number of benzene rings is 1. The zero-order valence-corrected chi connectivity index (χ0v) is 9.74. The molecule has 1 rings (SSSR count). The van der Waals surface area contributed by atoms with Crippen molar-refractivity contribution in [1.29, 1.82) is 0 Å². The Hall–Kier alpha value is -1.62. The largest absolute Gasteiger partial charge is 0.396 e. The summed E-state index contributed by atoms with van der Waals surface area (Å²) in [4.78, 5) is 11.8. The van der Waals surface area contributed by atoms with Crippen molar-refractivity contribution in [3.63, 3.8) is 0 Å². The number of carbonyl (C=O) groups excluding carboxylic acids is 1. The maximum absolute atomic E-state index is 12.9. The summed E-state index contributed by atoms with van der Waals surface area (Å²) < 4.78 is 12.9. The van der Waals surface area contributed by atoms with Crippen molar-refractivity contribution in [3.05, 3.63) is 29.6 Å². The Morgan fingerprint density at radius 2 is 2.29 bits per heavy atom. The van der Waals surface area contributed by atoms with Gasteiger partial charge in [-0.15, -0.1) is 0 Å². The molecule has 0 aromatic heterocycles. The van der Waals surface area contributed by atoms with Crippen molar-refractivity contribution >= 4 is 11.6 Å². The summed E-state index contributed by atoms with van der Waals surface area (Å²) in [6.07, 6.45) is 1.22. The van der Waals surface area contributed by atoms with Crippen LogP contribution in [-0.4, -0.2) is 23.7 Å². The van der Waals surface area contributed by atoms with E-state index < -0.39 is 5.82 Å². The van der Waals surface area contributed by atoms with Gasteiger partial charge in [-0.2, -0.15) is 0 Å². The van der Waals surface area contributed by atoms with E-state index in [1.807, 2.05) is 6.92 Å². The van der Waals surface area contributed by atoms with Crippen LogP contribution >= 0.6 is 0 Å². The SMILES string of the molecule is CCC(CCO)NC(=O)c1ccc(F)c(N)c1. The minimum Gasteiger partial charge on any atom is -0.396 e. The Bertz CT molecular complexity index is 396. The van der Waals surface area contributed by atoms with E-state index in [1.165, 1.54) is 12.1 Å². The molecule has 1 aromatic carbocycles. The molecule has 1 amide bonds. The van der Waals surface area contributed by atoms with Gasteiger partial charge >= 0.3 is 0 Å². The number of nitrogen functional groups attached to an aromatic ring is 1. The minimum atomic E-state index is -0.538. The number of anilines is 1. The maximum Gasteiger partial charge on any atom is 0.251 e. The molecule has 17 heavy (non-hydrogen) atoms. The first-order valence-corrected chi connectivity index (χ1v) is 5.55. The molecule has 5 heteroatoms. The summed E-state index contributed by atoms with van der Waals surface area (Å²) in [6, 6.07) is 3.76. The number of rotatable bonds is 5. The van der Waals surface area contributed by atoms with Crippen molar-refractivity contribution in [3.8, 4) is 0 Å². The average Bonchev–Trinajstić information content (AvgIpc) is 2.31. The quantitative estimate of drug-likeness (QED) is 0.679. The predicted octanol–water partition coefficient (Wildman–Crippen LogP) is 1.30. The van der Waals surface area contributed by atoms with Crippen molar-refractivity contribution < 1.29 is 14.3 Å². The number of aliphatic hydroxyl groups is 1. The molecule has 0 aliphatic rings. The van der Waals surface area contributed by atoms with Gasteiger partial charge in [0.2, 0.25) is 0 Å². The van der Waals surface area contributed by atoms with E-state index in [4.69, 9.17) is 10.8 Å². The van der Waals surface area contributed by atoms with Crippen LogP contribution in [0.25, 0.3) is 0 Å². The standard InChI is InChI=1S/C12H17FN2O2/c1-2-9(5-6-16)15-12(17)8-3-4-10(13)11(14)7-8/h3-4,7,9,16H,2,5-6,14H2,1H3,(H,15,17). The summed E-state index contributed by atoms with van der Waals surface area (Å²) in [5.41, 5.74) is 5.66. The van der Waals surface area contributed by atoms with Gasteiger partial charge in [-0.25, -0.2) is 4.39 Å². The van der Waals surface area contributed by atoms with Crippen LogP contribution in [0.15, 0.2) is 18.2 Å². The van der Waals surface area contributed by atoms with Crippen molar-refractivity contribution in [2.24, 2.45) is 0 Å². The summed E-state index contributed by atoms with van der Waals surface area (Å²) in [6.45, 7) is 1.93. The van der Waals surface area contributed by atoms with Crippen LogP contribution in [0.3, 0.4) is 0 Å². The fourth-order valence-electron chi connectivity index (χ4n) is 1.49. The van der Waals surface area contributed by atoms with E-state index in [0.29, 0.717) is 12.0 Å². The molecule has 0 saturated heterocycles. The van der Waals surface area contributed by atoms with Gasteiger partial charge in [0, 0.05) is 18.2 Å². The summed E-state index contributed by atoms with van der Waals surface area (Å²) in [5.74, 6) is -0.846. The number of carbonyl (C=O) groups is 1. The van der Waals surface area contributed by atoms with Crippen LogP contribution in [0.1, 0.15) is 30.1 Å². The van der Waals surface area contributed by atoms with Gasteiger partial charge in [-0.05, 0) is 31.0 Å². The van der Waals surface area contributed by atoms with E-state index in [0.717, 1.165) is 12.5 Å². The number of nitrogens with two attached hydrogens (primary N) is 1. The fraction of sp³-hybridized carbons (Fsp3) is 0.417. The molecule has 0 bridgehead atoms. The van der Waals surface area contributed by atoms with Gasteiger partial charge in [0.05, 0.1) is 5.69 Å². The average molecular weight is 240 g/mol. The third kappa shape index (κ3) is 3.71. The van der Waals surface area contributed by atoms with E-state index >= 15 is 0 Å². The smallest absolute Gasteiger partial charge is 0.251 e. The predicted molar refractivity (Wildman–Crippen MR) is 64.1 cm³/mol. The highest BCUT2D eigenvalue weighted by atomic mass is 19.1. The summed E-state index contributed by atoms with van der Waals surface area (Å²) in [7, 11) is 0. The molecular formula is C12H17FN2O2. The number of hydrogen-bond acceptors (Lipinski definition) is 3. The second-order valence-electron chi connectivity index (χ2n) is 3.83. The van der Waals surface area contributed by atoms with E-state index in [-0.39, 0.29) is 24.2 Å². The van der Waals surface area contributed by atoms with Crippen molar-refractivity contribution in [2.45, 2.75) is 25.8 Å². The second kappa shape index (κ2) is 6.20. The van der Waals surface area contributed by atoms with Crippen LogP contribution in [0, 0.1) is 5.82 Å². The number of amides is 1. The van der Waals surface area contributed by atoms with Crippen LogP contribution in [0.2, 0.25) is 0 Å². The molecule has 0 aliphatic heterocycles. The number of hydrogen-bond donors (Lipinski definition) is 3. The Morgan fingerprint density at radius 1 is 1.59 bits per heavy atom. The molecule has 0 saturated carbocycles. The maximum atomic E-state index is 12.9. The molecule has 1 atom stereocenters. The number of halogens is 1. The Labute approximate surface area is 99.6 Å². The third-order valence-corrected chi connectivity index (χ3v) is 2.56. The Morgan fingerprint density at radius 3 is 2.82 bits per heavy atom. The first-order chi connectivity index (χ1) is 8.08. The molecule has 0 fully saturated rings. The van der Waals surface area contributed by atoms with Crippen molar-refractivity contribution in [2.75, 3.05) is 12.3 Å². The van der Waals surface area contributed by atoms with Gasteiger partial charge in [-0.3, -0.25) is 4.79 Å². The molecule has 94 valence electrons. The fourth-order valence-corrected chi connectivity index (χ4v) is 1.49. The van der Waals surface area contributed by atoms with Crippen molar-refractivity contribution in [1.82, 2.24) is 5.32 Å². The zero-order chi connectivity index (χ0) is 12.8. The molecule has 4 N–H and O–H groups in total. The topological polar surface area (TPSA) is 75.3 Å². The monoisotopic (exact) mass is 240 g/mol. The van der Waals surface area contributed by atoms with E-state index in [2.05, 4.69) is 5.32 Å². The molecule has 1 unspecified atom stereocenters. The highest BCUT2D eigenvalue weighted by Crippen LogP contribution is 2.12. The lowest BCUT2D eigenvalue weighted by Gasteiger charge is -2.15. The Kier molecular flexibility index (Phi) is 4.90.